The van der Waals surface area contributed by atoms with Crippen LogP contribution in [0.15, 0.2) is 6.07 Å². The predicted octanol–water partition coefficient (Wildman–Crippen LogP) is 5.36. The number of hydrogen-bond acceptors (Lipinski definition) is 1. The van der Waals surface area contributed by atoms with E-state index in [2.05, 4.69) is 59.4 Å². The van der Waals surface area contributed by atoms with E-state index in [9.17, 15) is 0 Å². The fraction of sp³-hybridized carbons (Fsp3) is 0.684. The maximum Gasteiger partial charge on any atom is 2.00 e. The molecule has 0 saturated heterocycles. The molecule has 0 amide bonds. The molecule has 0 radical (unpaired) electrons. The average Bonchev–Trinajstić information content (AvgIpc) is 2.66. The molecule has 0 aliphatic carbocycles. The standard InChI is InChI=1S/C10H22N.C9H13.Ti/c1-4-7-9-11(6-3)10-8-5-2;1-6-5-7(2)9(4)8(6)3;/h3-10H2,1-2H3;5H,1-4H3;/q2*-1;+2. The molecule has 0 bridgehead atoms. The molecule has 21 heavy (non-hydrogen) atoms. The van der Waals surface area contributed by atoms with E-state index >= 15 is 0 Å². The zero-order valence-electron chi connectivity index (χ0n) is 15.2. The van der Waals surface area contributed by atoms with Crippen LogP contribution in [-0.4, -0.2) is 24.5 Å². The van der Waals surface area contributed by atoms with Crippen LogP contribution < -0.4 is 0 Å². The van der Waals surface area contributed by atoms with Crippen LogP contribution in [0.5, 0.6) is 0 Å². The van der Waals surface area contributed by atoms with Crippen molar-refractivity contribution in [2.75, 3.05) is 19.6 Å². The third-order valence-electron chi connectivity index (χ3n) is 4.15. The summed E-state index contributed by atoms with van der Waals surface area (Å²) < 4.78 is 0. The van der Waals surface area contributed by atoms with Crippen molar-refractivity contribution in [3.05, 3.63) is 35.2 Å². The van der Waals surface area contributed by atoms with Gasteiger partial charge >= 0.3 is 21.7 Å². The molecule has 0 aromatic heterocycles. The van der Waals surface area contributed by atoms with Crippen molar-refractivity contribution in [3.8, 4) is 0 Å². The number of nitrogens with zero attached hydrogens (tertiary/aromatic N) is 1. The van der Waals surface area contributed by atoms with Gasteiger partial charge in [0.1, 0.15) is 0 Å². The summed E-state index contributed by atoms with van der Waals surface area (Å²) in [7, 11) is 0. The summed E-state index contributed by atoms with van der Waals surface area (Å²) >= 11 is 0. The number of hydrogen-bond donors (Lipinski definition) is 0. The van der Waals surface area contributed by atoms with Crippen LogP contribution in [0.3, 0.4) is 0 Å². The summed E-state index contributed by atoms with van der Waals surface area (Å²) in [5.41, 5.74) is 5.75. The first kappa shape index (κ1) is 23.3. The minimum absolute atomic E-state index is 0. The summed E-state index contributed by atoms with van der Waals surface area (Å²) in [6, 6.07) is 2.24. The van der Waals surface area contributed by atoms with Gasteiger partial charge in [-0.1, -0.05) is 54.4 Å². The number of aryl methyl sites for hydroxylation is 2. The normalized spacial score (nSPS) is 10.1. The second-order valence-corrected chi connectivity index (χ2v) is 5.81. The van der Waals surface area contributed by atoms with Crippen molar-refractivity contribution in [2.45, 2.75) is 67.2 Å². The Morgan fingerprint density at radius 1 is 0.857 bits per heavy atom. The van der Waals surface area contributed by atoms with Crippen LogP contribution in [0, 0.1) is 34.6 Å². The molecule has 0 heterocycles. The summed E-state index contributed by atoms with van der Waals surface area (Å²) in [6.45, 7) is 20.5. The summed E-state index contributed by atoms with van der Waals surface area (Å²) in [5.74, 6) is 0. The smallest absolute Gasteiger partial charge is 0.333 e. The second kappa shape index (κ2) is 13.7. The van der Waals surface area contributed by atoms with Crippen LogP contribution in [0.1, 0.15) is 61.8 Å². The Morgan fingerprint density at radius 2 is 1.24 bits per heavy atom. The Hall–Kier alpha value is 0.0243. The predicted molar refractivity (Wildman–Crippen MR) is 92.6 cm³/mol. The molecule has 120 valence electrons. The van der Waals surface area contributed by atoms with Gasteiger partial charge in [0.2, 0.25) is 0 Å². The first-order chi connectivity index (χ1) is 9.47. The summed E-state index contributed by atoms with van der Waals surface area (Å²) in [5, 5.41) is 0. The SMILES string of the molecule is Cc1[cH-]c(C)c(C)c1C.[CH2-]CN(CCCC)CCCC.[Ti+2]. The van der Waals surface area contributed by atoms with Gasteiger partial charge in [-0.25, -0.2) is 0 Å². The molecule has 2 heteroatoms. The van der Waals surface area contributed by atoms with Gasteiger partial charge in [0.15, 0.2) is 0 Å². The van der Waals surface area contributed by atoms with Crippen molar-refractivity contribution < 1.29 is 21.7 Å². The average molecular weight is 325 g/mol. The summed E-state index contributed by atoms with van der Waals surface area (Å²) in [4.78, 5) is 2.44. The van der Waals surface area contributed by atoms with E-state index in [-0.39, 0.29) is 21.7 Å². The minimum atomic E-state index is 0. The van der Waals surface area contributed by atoms with E-state index in [4.69, 9.17) is 0 Å². The van der Waals surface area contributed by atoms with Crippen LogP contribution in [-0.2, 0) is 21.7 Å². The Bertz CT molecular complexity index is 324. The second-order valence-electron chi connectivity index (χ2n) is 5.81. The quantitative estimate of drug-likeness (QED) is 0.482. The minimum Gasteiger partial charge on any atom is -0.333 e. The molecule has 1 aromatic rings. The Kier molecular flexibility index (Phi) is 15.2. The van der Waals surface area contributed by atoms with Gasteiger partial charge in [0.25, 0.3) is 0 Å². The Morgan fingerprint density at radius 3 is 1.43 bits per heavy atom. The molecular weight excluding hydrogens is 290 g/mol. The molecule has 0 atom stereocenters. The largest absolute Gasteiger partial charge is 2.00 e. The Labute approximate surface area is 148 Å². The van der Waals surface area contributed by atoms with Gasteiger partial charge in [0.05, 0.1) is 0 Å². The molecule has 0 unspecified atom stereocenters. The van der Waals surface area contributed by atoms with E-state index in [0.29, 0.717) is 0 Å². The van der Waals surface area contributed by atoms with Crippen LogP contribution in [0.25, 0.3) is 0 Å². The number of unbranched alkanes of at least 4 members (excludes halogenated alkanes) is 2. The third kappa shape index (κ3) is 9.61. The number of rotatable bonds is 7. The van der Waals surface area contributed by atoms with E-state index < -0.39 is 0 Å². The van der Waals surface area contributed by atoms with Crippen molar-refractivity contribution in [1.82, 2.24) is 4.90 Å². The molecular formula is C19H35NTi. The zero-order valence-corrected chi connectivity index (χ0v) is 16.7. The molecule has 0 saturated carbocycles. The Balaban J connectivity index is 0. The van der Waals surface area contributed by atoms with Gasteiger partial charge in [0, 0.05) is 0 Å². The topological polar surface area (TPSA) is 3.24 Å². The molecule has 1 aromatic carbocycles. The van der Waals surface area contributed by atoms with Gasteiger partial charge in [-0.3, -0.25) is 0 Å². The maximum absolute atomic E-state index is 3.92. The van der Waals surface area contributed by atoms with Crippen LogP contribution in [0.2, 0.25) is 0 Å². The van der Waals surface area contributed by atoms with Crippen molar-refractivity contribution in [1.29, 1.82) is 0 Å². The molecule has 0 fully saturated rings. The van der Waals surface area contributed by atoms with Gasteiger partial charge in [-0.15, -0.1) is 6.54 Å². The van der Waals surface area contributed by atoms with Crippen molar-refractivity contribution in [2.24, 2.45) is 0 Å². The molecule has 0 aliphatic heterocycles. The van der Waals surface area contributed by atoms with Gasteiger partial charge in [-0.2, -0.15) is 28.3 Å². The molecule has 0 spiro atoms. The molecule has 0 N–H and O–H groups in total. The summed E-state index contributed by atoms with van der Waals surface area (Å²) in [6.07, 6.45) is 5.23. The van der Waals surface area contributed by atoms with E-state index in [1.165, 1.54) is 61.0 Å². The third-order valence-corrected chi connectivity index (χ3v) is 4.15. The maximum atomic E-state index is 3.92. The van der Waals surface area contributed by atoms with Gasteiger partial charge in [-0.05, 0) is 25.9 Å². The first-order valence-corrected chi connectivity index (χ1v) is 8.19. The monoisotopic (exact) mass is 325 g/mol. The van der Waals surface area contributed by atoms with E-state index in [1.54, 1.807) is 0 Å². The van der Waals surface area contributed by atoms with E-state index in [0.717, 1.165) is 6.54 Å². The molecule has 0 aliphatic rings. The van der Waals surface area contributed by atoms with Crippen molar-refractivity contribution in [3.63, 3.8) is 0 Å². The first-order valence-electron chi connectivity index (χ1n) is 8.19. The van der Waals surface area contributed by atoms with Crippen LogP contribution in [0.4, 0.5) is 0 Å². The fourth-order valence-corrected chi connectivity index (χ4v) is 2.23. The fourth-order valence-electron chi connectivity index (χ4n) is 2.23. The zero-order chi connectivity index (χ0) is 15.5. The molecule has 1 rings (SSSR count). The van der Waals surface area contributed by atoms with Gasteiger partial charge < -0.3 is 11.8 Å². The van der Waals surface area contributed by atoms with Crippen LogP contribution >= 0.6 is 0 Å². The molecule has 1 nitrogen and oxygen atoms in total. The van der Waals surface area contributed by atoms with Crippen molar-refractivity contribution >= 4 is 0 Å². The van der Waals surface area contributed by atoms with E-state index in [1.807, 2.05) is 0 Å².